The van der Waals surface area contributed by atoms with Gasteiger partial charge in [-0.15, -0.1) is 0 Å². The molecule has 2 atom stereocenters. The van der Waals surface area contributed by atoms with E-state index in [1.54, 1.807) is 40.7 Å². The molecule has 2 aromatic carbocycles. The van der Waals surface area contributed by atoms with Crippen molar-refractivity contribution in [3.05, 3.63) is 110 Å². The van der Waals surface area contributed by atoms with Gasteiger partial charge in [-0.2, -0.15) is 0 Å². The summed E-state index contributed by atoms with van der Waals surface area (Å²) in [7, 11) is -3.77. The molecule has 37 heavy (non-hydrogen) atoms. The molecule has 1 aliphatic heterocycles. The number of nitrogens with one attached hydrogen (secondary N) is 2. The zero-order valence-corrected chi connectivity index (χ0v) is 22.2. The third-order valence-electron chi connectivity index (χ3n) is 5.83. The van der Waals surface area contributed by atoms with Crippen LogP contribution in [0, 0.1) is 10.1 Å². The highest BCUT2D eigenvalue weighted by Crippen LogP contribution is 2.41. The maximum absolute atomic E-state index is 13.6. The quantitative estimate of drug-likeness (QED) is 0.269. The molecule has 2 N–H and O–H groups in total. The summed E-state index contributed by atoms with van der Waals surface area (Å²) in [6.45, 7) is 8.64. The molecule has 0 bridgehead atoms. The van der Waals surface area contributed by atoms with Crippen LogP contribution in [0.2, 0.25) is 0 Å². The number of rotatable bonds is 9. The molecule has 9 nitrogen and oxygen atoms in total. The third kappa shape index (κ3) is 6.93. The van der Waals surface area contributed by atoms with Gasteiger partial charge in [0.05, 0.1) is 10.5 Å². The first-order valence-electron chi connectivity index (χ1n) is 11.8. The number of carbonyl (C=O) groups is 1. The van der Waals surface area contributed by atoms with Crippen molar-refractivity contribution in [2.24, 2.45) is 0 Å². The zero-order valence-electron chi connectivity index (χ0n) is 21.4. The number of non-ortho nitro benzene ring substituents is 1. The molecule has 0 aromatic heterocycles. The minimum absolute atomic E-state index is 0.144. The second-order valence-corrected chi connectivity index (χ2v) is 10.7. The number of ether oxygens (including phenoxy) is 1. The smallest absolute Gasteiger partial charge is 0.337 e. The summed E-state index contributed by atoms with van der Waals surface area (Å²) in [5.41, 5.74) is 2.96. The average Bonchev–Trinajstić information content (AvgIpc) is 2.82. The lowest BCUT2D eigenvalue weighted by atomic mass is 9.80. The topological polar surface area (TPSA) is 128 Å². The van der Waals surface area contributed by atoms with Crippen LogP contribution < -0.4 is 10.0 Å². The Hall–Kier alpha value is -3.76. The van der Waals surface area contributed by atoms with Gasteiger partial charge in [0.2, 0.25) is 10.0 Å². The summed E-state index contributed by atoms with van der Waals surface area (Å²) >= 11 is 0. The number of dihydropyridines is 1. The molecule has 2 aromatic rings. The highest BCUT2D eigenvalue weighted by Gasteiger charge is 2.34. The molecule has 1 heterocycles. The van der Waals surface area contributed by atoms with Gasteiger partial charge in [0.1, 0.15) is 6.10 Å². The van der Waals surface area contributed by atoms with Crippen LogP contribution in [0.15, 0.2) is 88.6 Å². The van der Waals surface area contributed by atoms with Crippen LogP contribution in [0.3, 0.4) is 0 Å². The van der Waals surface area contributed by atoms with E-state index in [0.29, 0.717) is 22.5 Å². The summed E-state index contributed by atoms with van der Waals surface area (Å²) in [6, 6.07) is 14.9. The standard InChI is InChI=1S/C27H31N3O6S/c1-17(2)29-37(34,35)15-14-24-18(3)28-19(4)25(26(24)22-12-9-13-23(16-22)30(32)33)27(31)36-20(5)21-10-7-6-8-11-21/h6-17,20,26,28-29H,1-5H3/b15-14+/t20-,26+/m1/s1. The molecule has 0 fully saturated rings. The second-order valence-electron chi connectivity index (χ2n) is 9.11. The monoisotopic (exact) mass is 525 g/mol. The van der Waals surface area contributed by atoms with Crippen molar-refractivity contribution in [1.82, 2.24) is 10.0 Å². The fourth-order valence-corrected chi connectivity index (χ4v) is 5.27. The number of nitro benzene ring substituents is 1. The second kappa shape index (κ2) is 11.5. The van der Waals surface area contributed by atoms with Gasteiger partial charge < -0.3 is 10.1 Å². The maximum atomic E-state index is 13.6. The average molecular weight is 526 g/mol. The number of allylic oxidation sites excluding steroid dienone is 4. The molecule has 10 heteroatoms. The van der Waals surface area contributed by atoms with Gasteiger partial charge in [-0.25, -0.2) is 17.9 Å². The molecule has 0 aliphatic carbocycles. The number of hydrogen-bond acceptors (Lipinski definition) is 7. The summed E-state index contributed by atoms with van der Waals surface area (Å²) in [6.07, 6.45) is 0.859. The van der Waals surface area contributed by atoms with Crippen molar-refractivity contribution in [3.8, 4) is 0 Å². The number of carbonyl (C=O) groups excluding carboxylic acids is 1. The Morgan fingerprint density at radius 1 is 1.08 bits per heavy atom. The fraction of sp³-hybridized carbons (Fsp3) is 0.296. The van der Waals surface area contributed by atoms with Crippen LogP contribution in [-0.2, 0) is 19.6 Å². The van der Waals surface area contributed by atoms with Crippen LogP contribution in [0.5, 0.6) is 0 Å². The number of sulfonamides is 1. The van der Waals surface area contributed by atoms with E-state index >= 15 is 0 Å². The van der Waals surface area contributed by atoms with Crippen molar-refractivity contribution < 1.29 is 22.9 Å². The van der Waals surface area contributed by atoms with Gasteiger partial charge in [-0.1, -0.05) is 42.5 Å². The van der Waals surface area contributed by atoms with Crippen LogP contribution in [0.25, 0.3) is 0 Å². The zero-order chi connectivity index (χ0) is 27.3. The van der Waals surface area contributed by atoms with E-state index in [1.165, 1.54) is 24.3 Å². The van der Waals surface area contributed by atoms with Crippen molar-refractivity contribution in [3.63, 3.8) is 0 Å². The number of nitro groups is 1. The molecule has 1 aliphatic rings. The van der Waals surface area contributed by atoms with E-state index in [1.807, 2.05) is 30.3 Å². The van der Waals surface area contributed by atoms with Crippen molar-refractivity contribution in [2.75, 3.05) is 0 Å². The van der Waals surface area contributed by atoms with Crippen molar-refractivity contribution in [1.29, 1.82) is 0 Å². The minimum Gasteiger partial charge on any atom is -0.454 e. The Morgan fingerprint density at radius 3 is 2.38 bits per heavy atom. The van der Waals surface area contributed by atoms with Gasteiger partial charge in [0, 0.05) is 40.9 Å². The SMILES string of the molecule is CC1=C(/C=C/S(=O)(=O)NC(C)C)[C@H](c2cccc([N+](=O)[O-])c2)C(C(=O)O[C@H](C)c2ccccc2)=C(C)N1. The van der Waals surface area contributed by atoms with E-state index in [0.717, 1.165) is 11.0 Å². The summed E-state index contributed by atoms with van der Waals surface area (Å²) < 4.78 is 33.3. The van der Waals surface area contributed by atoms with Gasteiger partial charge in [-0.3, -0.25) is 10.1 Å². The Balaban J connectivity index is 2.10. The van der Waals surface area contributed by atoms with E-state index < -0.39 is 32.9 Å². The molecule has 0 radical (unpaired) electrons. The molecule has 0 saturated heterocycles. The first kappa shape index (κ1) is 27.8. The molecule has 0 unspecified atom stereocenters. The minimum atomic E-state index is -3.77. The lowest BCUT2D eigenvalue weighted by Gasteiger charge is -2.31. The molecule has 0 saturated carbocycles. The van der Waals surface area contributed by atoms with Crippen LogP contribution in [-0.4, -0.2) is 25.4 Å². The fourth-order valence-electron chi connectivity index (χ4n) is 4.21. The lowest BCUT2D eigenvalue weighted by molar-refractivity contribution is -0.384. The van der Waals surface area contributed by atoms with Crippen LogP contribution >= 0.6 is 0 Å². The Labute approximate surface area is 217 Å². The van der Waals surface area contributed by atoms with E-state index in [-0.39, 0.29) is 17.3 Å². The van der Waals surface area contributed by atoms with Crippen LogP contribution in [0.4, 0.5) is 5.69 Å². The van der Waals surface area contributed by atoms with Gasteiger partial charge in [-0.05, 0) is 57.4 Å². The normalized spacial score (nSPS) is 17.2. The van der Waals surface area contributed by atoms with Crippen molar-refractivity contribution >= 4 is 21.7 Å². The number of esters is 1. The Morgan fingerprint density at radius 2 is 1.76 bits per heavy atom. The Kier molecular flexibility index (Phi) is 8.67. The third-order valence-corrected chi connectivity index (χ3v) is 7.12. The molecular formula is C27H31N3O6S. The van der Waals surface area contributed by atoms with Gasteiger partial charge in [0.25, 0.3) is 5.69 Å². The molecule has 0 spiro atoms. The van der Waals surface area contributed by atoms with E-state index in [9.17, 15) is 23.3 Å². The predicted octanol–water partition coefficient (Wildman–Crippen LogP) is 4.98. The van der Waals surface area contributed by atoms with Gasteiger partial charge >= 0.3 is 5.97 Å². The predicted molar refractivity (Wildman–Crippen MR) is 142 cm³/mol. The van der Waals surface area contributed by atoms with E-state index in [4.69, 9.17) is 4.74 Å². The number of hydrogen-bond donors (Lipinski definition) is 2. The molecular weight excluding hydrogens is 494 g/mol. The van der Waals surface area contributed by atoms with Crippen LogP contribution in [0.1, 0.15) is 57.8 Å². The maximum Gasteiger partial charge on any atom is 0.337 e. The highest BCUT2D eigenvalue weighted by atomic mass is 32.2. The number of nitrogens with zero attached hydrogens (tertiary/aromatic N) is 1. The largest absolute Gasteiger partial charge is 0.454 e. The first-order chi connectivity index (χ1) is 17.4. The summed E-state index contributed by atoms with van der Waals surface area (Å²) in [5.74, 6) is -1.42. The summed E-state index contributed by atoms with van der Waals surface area (Å²) in [5, 5.41) is 15.7. The van der Waals surface area contributed by atoms with Crippen molar-refractivity contribution in [2.45, 2.75) is 52.7 Å². The van der Waals surface area contributed by atoms with E-state index in [2.05, 4.69) is 10.0 Å². The lowest BCUT2D eigenvalue weighted by Crippen LogP contribution is -2.30. The van der Waals surface area contributed by atoms with Gasteiger partial charge in [0.15, 0.2) is 0 Å². The first-order valence-corrected chi connectivity index (χ1v) is 13.3. The molecule has 3 rings (SSSR count). The molecule has 0 amide bonds. The number of benzene rings is 2. The summed E-state index contributed by atoms with van der Waals surface area (Å²) in [4.78, 5) is 24.5. The Bertz CT molecular complexity index is 1380. The highest BCUT2D eigenvalue weighted by molar-refractivity contribution is 7.92. The molecule has 196 valence electrons.